The molecule has 0 aromatic heterocycles. The summed E-state index contributed by atoms with van der Waals surface area (Å²) in [5.41, 5.74) is -3.68. The molecule has 0 N–H and O–H groups in total. The Morgan fingerprint density at radius 2 is 2.00 bits per heavy atom. The molecule has 0 aliphatic heterocycles. The first-order chi connectivity index (χ1) is 15.2. The molecule has 116 valence electrons. The first kappa shape index (κ1) is 6.29. The number of carbonyl (C=O) groups excluding carboxylic acids is 2. The van der Waals surface area contributed by atoms with Crippen LogP contribution in [0.4, 0.5) is 5.69 Å². The topological polar surface area (TPSA) is 46.6 Å². The maximum Gasteiger partial charge on any atom is 0.326 e. The van der Waals surface area contributed by atoms with Gasteiger partial charge in [-0.1, -0.05) is 31.8 Å². The van der Waals surface area contributed by atoms with Crippen LogP contribution in [0.1, 0.15) is 49.6 Å². The first-order valence-electron chi connectivity index (χ1n) is 12.3. The van der Waals surface area contributed by atoms with Crippen molar-refractivity contribution in [3.8, 4) is 0 Å². The van der Waals surface area contributed by atoms with E-state index in [9.17, 15) is 9.59 Å². The quantitative estimate of drug-likeness (QED) is 0.572. The molecule has 0 bridgehead atoms. The van der Waals surface area contributed by atoms with E-state index in [1.54, 1.807) is 0 Å². The van der Waals surface area contributed by atoms with Gasteiger partial charge in [0.1, 0.15) is 12.4 Å². The van der Waals surface area contributed by atoms with Gasteiger partial charge in [-0.3, -0.25) is 14.5 Å². The maximum atomic E-state index is 12.7. The van der Waals surface area contributed by atoms with E-state index < -0.39 is 85.7 Å². The van der Waals surface area contributed by atoms with Crippen molar-refractivity contribution in [1.82, 2.24) is 0 Å². The second-order valence-electron chi connectivity index (χ2n) is 3.64. The van der Waals surface area contributed by atoms with Crippen LogP contribution in [0, 0.1) is 0 Å². The van der Waals surface area contributed by atoms with Gasteiger partial charge in [0, 0.05) is 13.7 Å². The Hall–Kier alpha value is -1.55. The summed E-state index contributed by atoms with van der Waals surface area (Å²) in [5, 5.41) is 0. The molecule has 0 saturated heterocycles. The molecule has 5 heteroatoms. The van der Waals surface area contributed by atoms with E-state index in [1.807, 2.05) is 0 Å². The summed E-state index contributed by atoms with van der Waals surface area (Å²) in [7, 11) is 0. The number of halogens is 1. The fourth-order valence-electron chi connectivity index (χ4n) is 1.55. The number of anilines is 1. The van der Waals surface area contributed by atoms with Crippen molar-refractivity contribution in [3.63, 3.8) is 0 Å². The molecule has 1 aromatic carbocycles. The van der Waals surface area contributed by atoms with Crippen LogP contribution in [-0.2, 0) is 27.1 Å². The fraction of sp³-hybridized carbons (Fsp3) is 0.500. The van der Waals surface area contributed by atoms with E-state index in [2.05, 4.69) is 0 Å². The Balaban J connectivity index is 4.42. The third-order valence-corrected chi connectivity index (χ3v) is 2.61. The summed E-state index contributed by atoms with van der Waals surface area (Å²) in [6.07, 6.45) is -7.11. The summed E-state index contributed by atoms with van der Waals surface area (Å²) >= 11 is 5.60. The molecule has 0 heterocycles. The zero-order valence-electron chi connectivity index (χ0n) is 24.2. The van der Waals surface area contributed by atoms with Crippen LogP contribution in [-0.4, -0.2) is 30.9 Å². The molecule has 0 aliphatic rings. The van der Waals surface area contributed by atoms with E-state index in [0.29, 0.717) is 4.90 Å². The van der Waals surface area contributed by atoms with Gasteiger partial charge in [-0.25, -0.2) is 0 Å². The van der Waals surface area contributed by atoms with Crippen molar-refractivity contribution >= 4 is 29.2 Å². The Bertz CT molecular complexity index is 906. The summed E-state index contributed by atoms with van der Waals surface area (Å²) < 4.78 is 107. The van der Waals surface area contributed by atoms with Crippen molar-refractivity contribution < 1.29 is 32.1 Å². The minimum Gasteiger partial charge on any atom is -0.465 e. The molecular formula is C16H22ClNO3. The molecule has 21 heavy (non-hydrogen) atoms. The SMILES string of the molecule is [2H]c1c([2H])c(C([2H])([2H])C([2H])([2H])[2H])c(N(CC(=O)OCC)C(=O)CCl)c(C([2H])([2H])C([2H])([2H])[2H])c1[2H]. The van der Waals surface area contributed by atoms with Crippen molar-refractivity contribution in [2.45, 2.75) is 33.4 Å². The third-order valence-electron chi connectivity index (χ3n) is 2.38. The number of ether oxygens (including phenoxy) is 1. The van der Waals surface area contributed by atoms with Gasteiger partial charge in [0.25, 0.3) is 0 Å². The monoisotopic (exact) mass is 324 g/mol. The average molecular weight is 325 g/mol. The molecule has 0 spiro atoms. The van der Waals surface area contributed by atoms with Crippen LogP contribution in [0.15, 0.2) is 18.1 Å². The molecular weight excluding hydrogens is 290 g/mol. The second kappa shape index (κ2) is 8.67. The van der Waals surface area contributed by atoms with E-state index in [-0.39, 0.29) is 6.61 Å². The van der Waals surface area contributed by atoms with Crippen molar-refractivity contribution in [1.29, 1.82) is 0 Å². The van der Waals surface area contributed by atoms with Crippen LogP contribution in [0.3, 0.4) is 0 Å². The molecule has 0 radical (unpaired) electrons. The van der Waals surface area contributed by atoms with E-state index in [4.69, 9.17) is 34.2 Å². The first-order valence-corrected chi connectivity index (χ1v) is 6.38. The Kier molecular flexibility index (Phi) is 2.60. The molecule has 1 amide bonds. The summed E-state index contributed by atoms with van der Waals surface area (Å²) in [6.45, 7) is -6.97. The van der Waals surface area contributed by atoms with Crippen molar-refractivity contribution in [2.75, 3.05) is 23.9 Å². The van der Waals surface area contributed by atoms with E-state index >= 15 is 0 Å². The average Bonchev–Trinajstić information content (AvgIpc) is 2.67. The number of hydrogen-bond donors (Lipinski definition) is 0. The lowest BCUT2D eigenvalue weighted by Crippen LogP contribution is -2.38. The van der Waals surface area contributed by atoms with Gasteiger partial charge < -0.3 is 4.74 Å². The third kappa shape index (κ3) is 4.46. The van der Waals surface area contributed by atoms with E-state index in [0.717, 1.165) is 0 Å². The predicted molar refractivity (Wildman–Crippen MR) is 84.9 cm³/mol. The number of hydrogen-bond acceptors (Lipinski definition) is 3. The van der Waals surface area contributed by atoms with Crippen LogP contribution >= 0.6 is 11.6 Å². The second-order valence-corrected chi connectivity index (χ2v) is 3.91. The zero-order valence-corrected chi connectivity index (χ0v) is 11.9. The Labute approximate surface area is 149 Å². The number of alkyl halides is 1. The van der Waals surface area contributed by atoms with Gasteiger partial charge in [-0.2, -0.15) is 0 Å². The van der Waals surface area contributed by atoms with Gasteiger partial charge in [-0.15, -0.1) is 11.6 Å². The van der Waals surface area contributed by atoms with Gasteiger partial charge in [-0.05, 0) is 30.8 Å². The number of benzene rings is 1. The van der Waals surface area contributed by atoms with Gasteiger partial charge in [0.05, 0.1) is 16.4 Å². The standard InChI is InChI=1S/C16H22ClNO3/c1-4-12-8-7-9-13(5-2)16(12)18(14(19)10-17)11-15(20)21-6-3/h7-9H,4-6,10-11H2,1-3H3/i1D3,2D3,4D2,5D2,7D,8D,9D. The van der Waals surface area contributed by atoms with Gasteiger partial charge >= 0.3 is 5.97 Å². The molecule has 4 nitrogen and oxygen atoms in total. The molecule has 0 aliphatic carbocycles. The molecule has 0 atom stereocenters. The minimum atomic E-state index is -3.56. The normalized spacial score (nSPS) is 21.9. The van der Waals surface area contributed by atoms with Crippen LogP contribution in [0.25, 0.3) is 0 Å². The summed E-state index contributed by atoms with van der Waals surface area (Å²) in [6, 6.07) is -3.59. The highest BCUT2D eigenvalue weighted by Gasteiger charge is 2.23. The lowest BCUT2D eigenvalue weighted by molar-refractivity contribution is -0.142. The van der Waals surface area contributed by atoms with Crippen LogP contribution in [0.5, 0.6) is 0 Å². The summed E-state index contributed by atoms with van der Waals surface area (Å²) in [5.74, 6) is -3.26. The van der Waals surface area contributed by atoms with Crippen LogP contribution < -0.4 is 4.90 Å². The lowest BCUT2D eigenvalue weighted by Gasteiger charge is -2.26. The number of rotatable bonds is 7. The fourth-order valence-corrected chi connectivity index (χ4v) is 1.69. The van der Waals surface area contributed by atoms with E-state index in [1.165, 1.54) is 6.92 Å². The smallest absolute Gasteiger partial charge is 0.326 e. The Morgan fingerprint density at radius 1 is 1.38 bits per heavy atom. The highest BCUT2D eigenvalue weighted by molar-refractivity contribution is 6.29. The highest BCUT2D eigenvalue weighted by Crippen LogP contribution is 2.27. The zero-order chi connectivity index (χ0) is 27.0. The number of carbonyl (C=O) groups is 2. The maximum absolute atomic E-state index is 12.7. The number of esters is 1. The molecule has 0 saturated carbocycles. The van der Waals surface area contributed by atoms with Crippen molar-refractivity contribution in [3.05, 3.63) is 29.3 Å². The number of amides is 1. The van der Waals surface area contributed by atoms with Gasteiger partial charge in [0.2, 0.25) is 5.91 Å². The number of nitrogens with zero attached hydrogens (tertiary/aromatic N) is 1. The minimum absolute atomic E-state index is 0.174. The predicted octanol–water partition coefficient (Wildman–Crippen LogP) is 2.95. The molecule has 1 aromatic rings. The van der Waals surface area contributed by atoms with Crippen LogP contribution in [0.2, 0.25) is 0 Å². The lowest BCUT2D eigenvalue weighted by atomic mass is 10.0. The molecule has 0 unspecified atom stereocenters. The Morgan fingerprint density at radius 3 is 2.48 bits per heavy atom. The van der Waals surface area contributed by atoms with Crippen molar-refractivity contribution in [2.24, 2.45) is 0 Å². The molecule has 1 rings (SSSR count). The van der Waals surface area contributed by atoms with Gasteiger partial charge in [0.15, 0.2) is 0 Å². The molecule has 0 fully saturated rings. The summed E-state index contributed by atoms with van der Waals surface area (Å²) in [4.78, 5) is 25.2. The highest BCUT2D eigenvalue weighted by atomic mass is 35.5. The number of para-hydroxylation sites is 1. The largest absolute Gasteiger partial charge is 0.465 e.